The molecule has 0 saturated carbocycles. The van der Waals surface area contributed by atoms with Crippen molar-refractivity contribution in [1.29, 1.82) is 0 Å². The number of nitrogens with zero attached hydrogens (tertiary/aromatic N) is 2. The Hall–Kier alpha value is -2.29. The standard InChI is InChI=1S/C19H23N3O4S/c1-22-12-16-5-3-4-14(18(16)13-22)8-9-27(24,25)21-11-17-7-6-15(10-20-17)19(23)26-2/h3-7,10,21H,8-9,11-13H2,1-2H3. The van der Waals surface area contributed by atoms with Crippen LogP contribution >= 0.6 is 0 Å². The highest BCUT2D eigenvalue weighted by Crippen LogP contribution is 2.25. The summed E-state index contributed by atoms with van der Waals surface area (Å²) in [6.45, 7) is 1.84. The van der Waals surface area contributed by atoms with Gasteiger partial charge in [-0.05, 0) is 42.3 Å². The van der Waals surface area contributed by atoms with Crippen LogP contribution in [0, 0.1) is 0 Å². The van der Waals surface area contributed by atoms with Gasteiger partial charge in [0, 0.05) is 19.3 Å². The fourth-order valence-corrected chi connectivity index (χ4v) is 4.16. The van der Waals surface area contributed by atoms with Crippen molar-refractivity contribution in [3.05, 3.63) is 64.5 Å². The lowest BCUT2D eigenvalue weighted by molar-refractivity contribution is 0.0600. The lowest BCUT2D eigenvalue weighted by Crippen LogP contribution is -2.27. The predicted molar refractivity (Wildman–Crippen MR) is 102 cm³/mol. The van der Waals surface area contributed by atoms with E-state index >= 15 is 0 Å². The number of sulfonamides is 1. The molecule has 144 valence electrons. The molecular weight excluding hydrogens is 366 g/mol. The third-order valence-electron chi connectivity index (χ3n) is 4.60. The van der Waals surface area contributed by atoms with Gasteiger partial charge in [0.05, 0.1) is 30.7 Å². The third kappa shape index (κ3) is 4.91. The Labute approximate surface area is 159 Å². The fraction of sp³-hybridized carbons (Fsp3) is 0.368. The average Bonchev–Trinajstić information content (AvgIpc) is 3.05. The van der Waals surface area contributed by atoms with Crippen molar-refractivity contribution in [1.82, 2.24) is 14.6 Å². The smallest absolute Gasteiger partial charge is 0.339 e. The molecule has 7 nitrogen and oxygen atoms in total. The van der Waals surface area contributed by atoms with Gasteiger partial charge in [-0.1, -0.05) is 18.2 Å². The maximum Gasteiger partial charge on any atom is 0.339 e. The molecule has 0 amide bonds. The second-order valence-corrected chi connectivity index (χ2v) is 8.57. The van der Waals surface area contributed by atoms with Gasteiger partial charge in [0.2, 0.25) is 10.0 Å². The first-order valence-corrected chi connectivity index (χ1v) is 10.3. The molecule has 0 bridgehead atoms. The Morgan fingerprint density at radius 3 is 2.78 bits per heavy atom. The van der Waals surface area contributed by atoms with Gasteiger partial charge in [-0.25, -0.2) is 17.9 Å². The van der Waals surface area contributed by atoms with Crippen LogP contribution in [0.2, 0.25) is 0 Å². The maximum atomic E-state index is 12.3. The first kappa shape index (κ1) is 19.5. The summed E-state index contributed by atoms with van der Waals surface area (Å²) in [7, 11) is -0.0830. The van der Waals surface area contributed by atoms with Crippen molar-refractivity contribution >= 4 is 16.0 Å². The number of methoxy groups -OCH3 is 1. The molecule has 27 heavy (non-hydrogen) atoms. The Balaban J connectivity index is 1.57. The lowest BCUT2D eigenvalue weighted by Gasteiger charge is -2.10. The molecule has 8 heteroatoms. The molecule has 2 heterocycles. The zero-order chi connectivity index (χ0) is 19.4. The van der Waals surface area contributed by atoms with E-state index in [-0.39, 0.29) is 12.3 Å². The molecule has 1 aromatic heterocycles. The number of hydrogen-bond donors (Lipinski definition) is 1. The minimum absolute atomic E-state index is 0.0212. The highest BCUT2D eigenvalue weighted by Gasteiger charge is 2.20. The van der Waals surface area contributed by atoms with Crippen LogP contribution in [0.3, 0.4) is 0 Å². The number of esters is 1. The summed E-state index contributed by atoms with van der Waals surface area (Å²) in [5, 5.41) is 0. The van der Waals surface area contributed by atoms with Gasteiger partial charge in [-0.15, -0.1) is 0 Å². The fourth-order valence-electron chi connectivity index (χ4n) is 3.16. The summed E-state index contributed by atoms with van der Waals surface area (Å²) in [6, 6.07) is 9.25. The van der Waals surface area contributed by atoms with Gasteiger partial charge in [0.1, 0.15) is 0 Å². The van der Waals surface area contributed by atoms with Crippen molar-refractivity contribution in [3.8, 4) is 0 Å². The van der Waals surface area contributed by atoms with Gasteiger partial charge in [0.25, 0.3) is 0 Å². The Kier molecular flexibility index (Phi) is 5.88. The van der Waals surface area contributed by atoms with Crippen LogP contribution < -0.4 is 4.72 Å². The number of carbonyl (C=O) groups is 1. The summed E-state index contributed by atoms with van der Waals surface area (Å²) in [4.78, 5) is 17.7. The summed E-state index contributed by atoms with van der Waals surface area (Å²) in [6.07, 6.45) is 1.85. The SMILES string of the molecule is COC(=O)c1ccc(CNS(=O)(=O)CCc2cccc3c2CN(C)C3)nc1. The number of rotatable bonds is 7. The zero-order valence-corrected chi connectivity index (χ0v) is 16.3. The normalized spacial score (nSPS) is 14.1. The summed E-state index contributed by atoms with van der Waals surface area (Å²) < 4.78 is 31.9. The Morgan fingerprint density at radius 1 is 1.26 bits per heavy atom. The summed E-state index contributed by atoms with van der Waals surface area (Å²) in [5.41, 5.74) is 4.47. The molecule has 1 N–H and O–H groups in total. The second-order valence-electron chi connectivity index (χ2n) is 6.65. The van der Waals surface area contributed by atoms with E-state index in [1.807, 2.05) is 12.1 Å². The Morgan fingerprint density at radius 2 is 2.07 bits per heavy atom. The van der Waals surface area contributed by atoms with Crippen LogP contribution in [0.15, 0.2) is 36.5 Å². The number of carbonyl (C=O) groups excluding carboxylic acids is 1. The molecule has 0 spiro atoms. The van der Waals surface area contributed by atoms with Crippen LogP contribution in [0.5, 0.6) is 0 Å². The molecular formula is C19H23N3O4S. The maximum absolute atomic E-state index is 12.3. The molecule has 0 radical (unpaired) electrons. The van der Waals surface area contributed by atoms with E-state index in [1.54, 1.807) is 12.1 Å². The largest absolute Gasteiger partial charge is 0.465 e. The van der Waals surface area contributed by atoms with Gasteiger partial charge >= 0.3 is 5.97 Å². The molecule has 1 aliphatic rings. The first-order chi connectivity index (χ1) is 12.9. The van der Waals surface area contributed by atoms with Gasteiger partial charge in [-0.3, -0.25) is 9.88 Å². The van der Waals surface area contributed by atoms with Crippen molar-refractivity contribution in [2.75, 3.05) is 19.9 Å². The van der Waals surface area contributed by atoms with Crippen LogP contribution in [0.1, 0.15) is 32.7 Å². The number of benzene rings is 1. The van der Waals surface area contributed by atoms with Crippen molar-refractivity contribution in [2.24, 2.45) is 0 Å². The zero-order valence-electron chi connectivity index (χ0n) is 15.4. The number of fused-ring (bicyclic) bond motifs is 1. The molecule has 2 aromatic rings. The number of ether oxygens (including phenoxy) is 1. The quantitative estimate of drug-likeness (QED) is 0.722. The number of pyridine rings is 1. The van der Waals surface area contributed by atoms with Gasteiger partial charge in [0.15, 0.2) is 0 Å². The molecule has 0 unspecified atom stereocenters. The molecule has 1 aromatic carbocycles. The van der Waals surface area contributed by atoms with E-state index in [4.69, 9.17) is 0 Å². The highest BCUT2D eigenvalue weighted by molar-refractivity contribution is 7.89. The molecule has 0 saturated heterocycles. The lowest BCUT2D eigenvalue weighted by atomic mass is 10.0. The van der Waals surface area contributed by atoms with E-state index in [1.165, 1.54) is 24.4 Å². The predicted octanol–water partition coefficient (Wildman–Crippen LogP) is 1.48. The van der Waals surface area contributed by atoms with E-state index < -0.39 is 16.0 Å². The third-order valence-corrected chi connectivity index (χ3v) is 5.92. The second kappa shape index (κ2) is 8.16. The molecule has 1 aliphatic heterocycles. The number of aromatic nitrogens is 1. The molecule has 3 rings (SSSR count). The van der Waals surface area contributed by atoms with Crippen LogP contribution in [0.25, 0.3) is 0 Å². The van der Waals surface area contributed by atoms with E-state index in [0.717, 1.165) is 18.7 Å². The monoisotopic (exact) mass is 389 g/mol. The van der Waals surface area contributed by atoms with E-state index in [0.29, 0.717) is 17.7 Å². The Bertz CT molecular complexity index is 926. The van der Waals surface area contributed by atoms with Crippen LogP contribution in [-0.2, 0) is 40.8 Å². The van der Waals surface area contributed by atoms with Crippen molar-refractivity contribution < 1.29 is 17.9 Å². The molecule has 0 fully saturated rings. The molecule has 0 aliphatic carbocycles. The minimum atomic E-state index is -3.44. The average molecular weight is 389 g/mol. The van der Waals surface area contributed by atoms with E-state index in [9.17, 15) is 13.2 Å². The van der Waals surface area contributed by atoms with Crippen LogP contribution in [0.4, 0.5) is 0 Å². The van der Waals surface area contributed by atoms with E-state index in [2.05, 4.69) is 32.5 Å². The minimum Gasteiger partial charge on any atom is -0.465 e. The van der Waals surface area contributed by atoms with Gasteiger partial charge < -0.3 is 4.74 Å². The number of nitrogens with one attached hydrogen (secondary N) is 1. The number of aryl methyl sites for hydroxylation is 1. The van der Waals surface area contributed by atoms with Crippen molar-refractivity contribution in [2.45, 2.75) is 26.1 Å². The summed E-state index contributed by atoms with van der Waals surface area (Å²) in [5.74, 6) is -0.455. The first-order valence-electron chi connectivity index (χ1n) is 8.67. The summed E-state index contributed by atoms with van der Waals surface area (Å²) >= 11 is 0. The highest BCUT2D eigenvalue weighted by atomic mass is 32.2. The van der Waals surface area contributed by atoms with Crippen LogP contribution in [-0.4, -0.2) is 44.2 Å². The molecule has 0 atom stereocenters. The topological polar surface area (TPSA) is 88.6 Å². The van der Waals surface area contributed by atoms with Gasteiger partial charge in [-0.2, -0.15) is 0 Å². The number of hydrogen-bond acceptors (Lipinski definition) is 6. The van der Waals surface area contributed by atoms with Crippen molar-refractivity contribution in [3.63, 3.8) is 0 Å².